The summed E-state index contributed by atoms with van der Waals surface area (Å²) in [5.74, 6) is -0.0520. The molecule has 2 heterocycles. The molecule has 1 aliphatic rings. The second-order valence-electron chi connectivity index (χ2n) is 6.78. The lowest BCUT2D eigenvalue weighted by molar-refractivity contribution is -0.147. The van der Waals surface area contributed by atoms with E-state index in [4.69, 9.17) is 4.74 Å². The Morgan fingerprint density at radius 2 is 2.04 bits per heavy atom. The highest BCUT2D eigenvalue weighted by molar-refractivity contribution is 8.01. The van der Waals surface area contributed by atoms with Crippen molar-refractivity contribution in [1.29, 1.82) is 0 Å². The summed E-state index contributed by atoms with van der Waals surface area (Å²) >= 11 is 1.50. The first-order valence-corrected chi connectivity index (χ1v) is 12.1. The Labute approximate surface area is 170 Å². The number of aromatic nitrogens is 1. The van der Waals surface area contributed by atoms with Crippen molar-refractivity contribution in [2.24, 2.45) is 0 Å². The van der Waals surface area contributed by atoms with Gasteiger partial charge in [0.2, 0.25) is 10.0 Å². The fourth-order valence-electron chi connectivity index (χ4n) is 3.31. The first kappa shape index (κ1) is 21.1. The first-order chi connectivity index (χ1) is 13.5. The van der Waals surface area contributed by atoms with Gasteiger partial charge in [-0.1, -0.05) is 44.9 Å². The van der Waals surface area contributed by atoms with Gasteiger partial charge >= 0.3 is 5.97 Å². The van der Waals surface area contributed by atoms with Gasteiger partial charge in [0, 0.05) is 17.3 Å². The highest BCUT2D eigenvalue weighted by Crippen LogP contribution is 2.38. The van der Waals surface area contributed by atoms with Gasteiger partial charge in [-0.05, 0) is 25.0 Å². The fourth-order valence-corrected chi connectivity index (χ4v) is 7.13. The molecule has 1 aliphatic heterocycles. The highest BCUT2D eigenvalue weighted by atomic mass is 32.2. The molecule has 0 aliphatic carbocycles. The van der Waals surface area contributed by atoms with Gasteiger partial charge in [-0.3, -0.25) is 9.78 Å². The second kappa shape index (κ2) is 9.24. The molecule has 8 heteroatoms. The summed E-state index contributed by atoms with van der Waals surface area (Å²) in [6.45, 7) is 4.34. The number of sulfonamides is 1. The van der Waals surface area contributed by atoms with Crippen molar-refractivity contribution < 1.29 is 17.9 Å². The number of ether oxygens (including phenoxy) is 1. The molecule has 2 aromatic rings. The van der Waals surface area contributed by atoms with Gasteiger partial charge in [0.1, 0.15) is 10.9 Å². The van der Waals surface area contributed by atoms with Gasteiger partial charge in [0.05, 0.1) is 17.5 Å². The van der Waals surface area contributed by atoms with E-state index < -0.39 is 22.0 Å². The van der Waals surface area contributed by atoms with Crippen molar-refractivity contribution in [3.05, 3.63) is 36.5 Å². The monoisotopic (exact) mass is 422 g/mol. The van der Waals surface area contributed by atoms with Gasteiger partial charge in [-0.2, -0.15) is 4.31 Å². The number of rotatable bonds is 8. The number of fused-ring (bicyclic) bond motifs is 1. The zero-order valence-electron chi connectivity index (χ0n) is 16.2. The Kier molecular flexibility index (Phi) is 6.95. The number of hydrogen-bond acceptors (Lipinski definition) is 6. The van der Waals surface area contributed by atoms with Gasteiger partial charge in [-0.25, -0.2) is 8.42 Å². The van der Waals surface area contributed by atoms with Crippen molar-refractivity contribution in [2.45, 2.75) is 55.8 Å². The van der Waals surface area contributed by atoms with E-state index in [1.807, 2.05) is 26.0 Å². The summed E-state index contributed by atoms with van der Waals surface area (Å²) in [7, 11) is -3.91. The smallest absolute Gasteiger partial charge is 0.325 e. The standard InChI is InChI=1S/C20H26N2O4S2/c1-3-5-13-26-20(23)16-14-27-18(8-4-2)22(16)28(24,25)17-11-6-9-15-10-7-12-21-19(15)17/h6-7,9-12,16,18H,3-5,8,13-14H2,1-2H3. The van der Waals surface area contributed by atoms with Crippen LogP contribution < -0.4 is 0 Å². The van der Waals surface area contributed by atoms with Crippen molar-refractivity contribution in [3.63, 3.8) is 0 Å². The third-order valence-corrected chi connectivity index (χ3v) is 8.18. The molecule has 1 aromatic carbocycles. The van der Waals surface area contributed by atoms with Gasteiger partial charge < -0.3 is 4.74 Å². The summed E-state index contributed by atoms with van der Waals surface area (Å²) in [6.07, 6.45) is 4.77. The molecule has 0 spiro atoms. The average Bonchev–Trinajstić information content (AvgIpc) is 3.12. The number of carbonyl (C=O) groups excluding carboxylic acids is 1. The molecule has 1 fully saturated rings. The summed E-state index contributed by atoms with van der Waals surface area (Å²) in [5.41, 5.74) is 0.426. The lowest BCUT2D eigenvalue weighted by Crippen LogP contribution is -2.46. The van der Waals surface area contributed by atoms with E-state index in [1.54, 1.807) is 24.4 Å². The van der Waals surface area contributed by atoms with E-state index in [9.17, 15) is 13.2 Å². The number of thioether (sulfide) groups is 1. The molecule has 0 N–H and O–H groups in total. The molecule has 6 nitrogen and oxygen atoms in total. The molecule has 0 radical (unpaired) electrons. The van der Waals surface area contributed by atoms with E-state index in [0.29, 0.717) is 24.3 Å². The van der Waals surface area contributed by atoms with Crippen molar-refractivity contribution in [1.82, 2.24) is 9.29 Å². The predicted molar refractivity (Wildman–Crippen MR) is 112 cm³/mol. The maximum atomic E-state index is 13.6. The number of carbonyl (C=O) groups is 1. The minimum absolute atomic E-state index is 0.139. The van der Waals surface area contributed by atoms with Crippen molar-refractivity contribution >= 4 is 38.7 Å². The summed E-state index contributed by atoms with van der Waals surface area (Å²) < 4.78 is 34.0. The van der Waals surface area contributed by atoms with Gasteiger partial charge in [0.15, 0.2) is 0 Å². The largest absolute Gasteiger partial charge is 0.464 e. The highest BCUT2D eigenvalue weighted by Gasteiger charge is 2.47. The molecule has 3 rings (SSSR count). The van der Waals surface area contributed by atoms with Crippen LogP contribution in [0.15, 0.2) is 41.4 Å². The van der Waals surface area contributed by atoms with Crippen molar-refractivity contribution in [2.75, 3.05) is 12.4 Å². The summed E-state index contributed by atoms with van der Waals surface area (Å²) in [4.78, 5) is 17.1. The normalized spacial score (nSPS) is 20.5. The molecule has 0 saturated carbocycles. The molecule has 2 atom stereocenters. The van der Waals surface area contributed by atoms with Crippen LogP contribution in [0.2, 0.25) is 0 Å². The van der Waals surface area contributed by atoms with E-state index in [1.165, 1.54) is 16.1 Å². The minimum Gasteiger partial charge on any atom is -0.464 e. The van der Waals surface area contributed by atoms with Crippen LogP contribution >= 0.6 is 11.8 Å². The number of esters is 1. The molecule has 0 amide bonds. The van der Waals surface area contributed by atoms with Crippen molar-refractivity contribution in [3.8, 4) is 0 Å². The molecule has 0 bridgehead atoms. The van der Waals surface area contributed by atoms with E-state index >= 15 is 0 Å². The van der Waals surface area contributed by atoms with Crippen LogP contribution in [0.4, 0.5) is 0 Å². The third kappa shape index (κ3) is 4.18. The Balaban J connectivity index is 2.00. The molecule has 1 aromatic heterocycles. The Hall–Kier alpha value is -1.64. The number of nitrogens with zero attached hydrogens (tertiary/aromatic N) is 2. The molecular formula is C20H26N2O4S2. The lowest BCUT2D eigenvalue weighted by atomic mass is 10.2. The summed E-state index contributed by atoms with van der Waals surface area (Å²) in [5, 5.41) is 0.474. The Bertz CT molecular complexity index is 927. The topological polar surface area (TPSA) is 76.6 Å². The van der Waals surface area contributed by atoms with Crippen LogP contribution in [0.5, 0.6) is 0 Å². The van der Waals surface area contributed by atoms with E-state index in [2.05, 4.69) is 4.98 Å². The number of para-hydroxylation sites is 1. The van der Waals surface area contributed by atoms with Gasteiger partial charge in [0.25, 0.3) is 0 Å². The van der Waals surface area contributed by atoms with Gasteiger partial charge in [-0.15, -0.1) is 11.8 Å². The Morgan fingerprint density at radius 3 is 2.79 bits per heavy atom. The number of pyridine rings is 1. The van der Waals surface area contributed by atoms with E-state index in [-0.39, 0.29) is 10.3 Å². The fraction of sp³-hybridized carbons (Fsp3) is 0.500. The SMILES string of the molecule is CCCCOC(=O)C1CSC(CCC)N1S(=O)(=O)c1cccc2cccnc12. The quantitative estimate of drug-likeness (QED) is 0.476. The van der Waals surface area contributed by atoms with Crippen LogP contribution in [0.1, 0.15) is 39.5 Å². The van der Waals surface area contributed by atoms with Crippen LogP contribution in [0, 0.1) is 0 Å². The lowest BCUT2D eigenvalue weighted by Gasteiger charge is -2.27. The number of unbranched alkanes of at least 4 members (excludes halogenated alkanes) is 1. The first-order valence-electron chi connectivity index (χ1n) is 9.66. The average molecular weight is 423 g/mol. The molecule has 1 saturated heterocycles. The third-order valence-electron chi connectivity index (χ3n) is 4.74. The van der Waals surface area contributed by atoms with Crippen LogP contribution in [0.25, 0.3) is 10.9 Å². The van der Waals surface area contributed by atoms with Crippen LogP contribution in [-0.2, 0) is 19.6 Å². The Morgan fingerprint density at radius 1 is 1.25 bits per heavy atom. The van der Waals surface area contributed by atoms with Crippen LogP contribution in [-0.4, -0.2) is 47.5 Å². The number of hydrogen-bond donors (Lipinski definition) is 0. The molecular weight excluding hydrogens is 396 g/mol. The zero-order valence-corrected chi connectivity index (χ0v) is 17.8. The predicted octanol–water partition coefficient (Wildman–Crippen LogP) is 3.81. The maximum Gasteiger partial charge on any atom is 0.325 e. The number of benzene rings is 1. The van der Waals surface area contributed by atoms with Crippen LogP contribution in [0.3, 0.4) is 0 Å². The summed E-state index contributed by atoms with van der Waals surface area (Å²) in [6, 6.07) is 7.92. The second-order valence-corrected chi connectivity index (χ2v) is 9.80. The molecule has 152 valence electrons. The maximum absolute atomic E-state index is 13.6. The molecule has 2 unspecified atom stereocenters. The molecule has 28 heavy (non-hydrogen) atoms. The minimum atomic E-state index is -3.91. The zero-order chi connectivity index (χ0) is 20.1. The van der Waals surface area contributed by atoms with E-state index in [0.717, 1.165) is 24.6 Å².